The van der Waals surface area contributed by atoms with Crippen molar-refractivity contribution in [2.75, 3.05) is 10.6 Å². The largest absolute Gasteiger partial charge is 0.459 e. The molecule has 0 fully saturated rings. The van der Waals surface area contributed by atoms with Gasteiger partial charge in [-0.15, -0.1) is 11.3 Å². The first-order chi connectivity index (χ1) is 14.5. The van der Waals surface area contributed by atoms with Gasteiger partial charge in [-0.2, -0.15) is 0 Å². The minimum absolute atomic E-state index is 0.211. The van der Waals surface area contributed by atoms with E-state index in [-0.39, 0.29) is 17.5 Å². The van der Waals surface area contributed by atoms with Crippen LogP contribution in [-0.4, -0.2) is 10.9 Å². The maximum absolute atomic E-state index is 14.8. The van der Waals surface area contributed by atoms with Crippen LogP contribution in [0.25, 0.3) is 0 Å². The molecular weight excluding hydrogens is 401 g/mol. The van der Waals surface area contributed by atoms with Crippen LogP contribution in [0, 0.1) is 19.7 Å². The van der Waals surface area contributed by atoms with Crippen molar-refractivity contribution in [1.82, 2.24) is 4.98 Å². The zero-order valence-electron chi connectivity index (χ0n) is 16.5. The molecule has 3 heterocycles. The van der Waals surface area contributed by atoms with Crippen LogP contribution >= 0.6 is 11.3 Å². The average molecular weight is 421 g/mol. The molecule has 4 rings (SSSR count). The molecule has 0 aliphatic rings. The van der Waals surface area contributed by atoms with Crippen LogP contribution in [0.5, 0.6) is 0 Å². The molecule has 5 nitrogen and oxygen atoms in total. The number of halogens is 1. The molecule has 152 valence electrons. The summed E-state index contributed by atoms with van der Waals surface area (Å²) in [5.74, 6) is 0.136. The summed E-state index contributed by atoms with van der Waals surface area (Å²) in [7, 11) is 0. The zero-order chi connectivity index (χ0) is 21.1. The first kappa shape index (κ1) is 19.8. The quantitative estimate of drug-likeness (QED) is 0.404. The lowest BCUT2D eigenvalue weighted by atomic mass is 9.99. The Kier molecular flexibility index (Phi) is 5.63. The Morgan fingerprint density at radius 2 is 1.93 bits per heavy atom. The van der Waals surface area contributed by atoms with E-state index in [0.29, 0.717) is 16.4 Å². The lowest BCUT2D eigenvalue weighted by Crippen LogP contribution is -2.17. The van der Waals surface area contributed by atoms with Gasteiger partial charge < -0.3 is 15.1 Å². The van der Waals surface area contributed by atoms with Crippen LogP contribution in [0.2, 0.25) is 0 Å². The van der Waals surface area contributed by atoms with Crippen molar-refractivity contribution in [2.45, 2.75) is 19.9 Å². The summed E-state index contributed by atoms with van der Waals surface area (Å²) in [4.78, 5) is 17.9. The van der Waals surface area contributed by atoms with Crippen molar-refractivity contribution in [3.63, 3.8) is 0 Å². The van der Waals surface area contributed by atoms with Gasteiger partial charge in [0.2, 0.25) is 0 Å². The molecule has 0 radical (unpaired) electrons. The lowest BCUT2D eigenvalue weighted by Gasteiger charge is -2.21. The van der Waals surface area contributed by atoms with E-state index in [1.807, 2.05) is 32.0 Å². The molecule has 2 N–H and O–H groups in total. The van der Waals surface area contributed by atoms with Crippen molar-refractivity contribution >= 4 is 28.1 Å². The highest BCUT2D eigenvalue weighted by Crippen LogP contribution is 2.38. The lowest BCUT2D eigenvalue weighted by molar-refractivity contribution is 0.0997. The Labute approximate surface area is 177 Å². The fraction of sp³-hybridized carbons (Fsp3) is 0.130. The van der Waals surface area contributed by atoms with E-state index in [0.717, 1.165) is 16.0 Å². The SMILES string of the molecule is Cc1ccnc(N[C@@H](c2ccccc2F)c2cc(C)sc2NC(=O)c2ccco2)c1. The first-order valence-corrected chi connectivity index (χ1v) is 10.2. The third kappa shape index (κ3) is 4.26. The van der Waals surface area contributed by atoms with Crippen LogP contribution in [0.1, 0.15) is 38.2 Å². The molecule has 1 aromatic carbocycles. The Morgan fingerprint density at radius 1 is 1.10 bits per heavy atom. The van der Waals surface area contributed by atoms with Crippen molar-refractivity contribution < 1.29 is 13.6 Å². The second-order valence-corrected chi connectivity index (χ2v) is 8.15. The highest BCUT2D eigenvalue weighted by molar-refractivity contribution is 7.16. The Hall–Kier alpha value is -3.45. The van der Waals surface area contributed by atoms with Crippen molar-refractivity contribution in [3.05, 3.63) is 100 Å². The molecule has 0 aliphatic carbocycles. The van der Waals surface area contributed by atoms with Crippen LogP contribution < -0.4 is 10.6 Å². The van der Waals surface area contributed by atoms with Crippen LogP contribution in [-0.2, 0) is 0 Å². The third-order valence-corrected chi connectivity index (χ3v) is 5.57. The number of amides is 1. The number of furan rings is 1. The van der Waals surface area contributed by atoms with Gasteiger partial charge in [0.15, 0.2) is 5.76 Å². The van der Waals surface area contributed by atoms with E-state index >= 15 is 0 Å². The van der Waals surface area contributed by atoms with Crippen LogP contribution in [0.3, 0.4) is 0 Å². The number of nitrogens with zero attached hydrogens (tertiary/aromatic N) is 1. The van der Waals surface area contributed by atoms with E-state index in [9.17, 15) is 9.18 Å². The van der Waals surface area contributed by atoms with Gasteiger partial charge in [-0.3, -0.25) is 4.79 Å². The van der Waals surface area contributed by atoms with Gasteiger partial charge in [-0.05, 0) is 55.8 Å². The molecule has 30 heavy (non-hydrogen) atoms. The van der Waals surface area contributed by atoms with Crippen LogP contribution in [0.4, 0.5) is 15.2 Å². The number of hydrogen-bond acceptors (Lipinski definition) is 5. The molecule has 3 aromatic heterocycles. The van der Waals surface area contributed by atoms with E-state index in [2.05, 4.69) is 15.6 Å². The molecule has 4 aromatic rings. The number of thiophene rings is 1. The zero-order valence-corrected chi connectivity index (χ0v) is 17.3. The van der Waals surface area contributed by atoms with E-state index in [1.54, 1.807) is 36.5 Å². The first-order valence-electron chi connectivity index (χ1n) is 9.40. The van der Waals surface area contributed by atoms with Gasteiger partial charge in [0.1, 0.15) is 16.6 Å². The number of rotatable bonds is 6. The Bertz CT molecular complexity index is 1170. The maximum atomic E-state index is 14.8. The minimum Gasteiger partial charge on any atom is -0.459 e. The Morgan fingerprint density at radius 3 is 2.67 bits per heavy atom. The second kappa shape index (κ2) is 8.51. The summed E-state index contributed by atoms with van der Waals surface area (Å²) >= 11 is 1.43. The summed E-state index contributed by atoms with van der Waals surface area (Å²) in [5, 5.41) is 6.87. The van der Waals surface area contributed by atoms with E-state index in [1.165, 1.54) is 23.7 Å². The predicted molar refractivity (Wildman–Crippen MR) is 117 cm³/mol. The smallest absolute Gasteiger partial charge is 0.291 e. The fourth-order valence-corrected chi connectivity index (χ4v) is 4.16. The van der Waals surface area contributed by atoms with Gasteiger partial charge in [0.25, 0.3) is 5.91 Å². The number of nitrogens with one attached hydrogen (secondary N) is 2. The summed E-state index contributed by atoms with van der Waals surface area (Å²) in [6.45, 7) is 3.91. The molecule has 1 atom stereocenters. The summed E-state index contributed by atoms with van der Waals surface area (Å²) in [5.41, 5.74) is 2.26. The maximum Gasteiger partial charge on any atom is 0.291 e. The van der Waals surface area contributed by atoms with Gasteiger partial charge >= 0.3 is 0 Å². The molecule has 0 bridgehead atoms. The molecule has 0 saturated heterocycles. The number of carbonyl (C=O) groups excluding carboxylic acids is 1. The molecule has 0 saturated carbocycles. The van der Waals surface area contributed by atoms with Gasteiger partial charge in [0.05, 0.1) is 12.3 Å². The van der Waals surface area contributed by atoms with Gasteiger partial charge in [0, 0.05) is 22.2 Å². The fourth-order valence-electron chi connectivity index (χ4n) is 3.21. The predicted octanol–water partition coefficient (Wildman–Crippen LogP) is 5.95. The van der Waals surface area contributed by atoms with Gasteiger partial charge in [-0.1, -0.05) is 18.2 Å². The number of aromatic nitrogens is 1. The van der Waals surface area contributed by atoms with Crippen molar-refractivity contribution in [2.24, 2.45) is 0 Å². The van der Waals surface area contributed by atoms with E-state index < -0.39 is 6.04 Å². The second-order valence-electron chi connectivity index (χ2n) is 6.89. The molecular formula is C23H20FN3O2S. The number of aryl methyl sites for hydroxylation is 2. The van der Waals surface area contributed by atoms with Crippen molar-refractivity contribution in [3.8, 4) is 0 Å². The molecule has 0 aliphatic heterocycles. The number of pyridine rings is 1. The normalized spacial score (nSPS) is 11.8. The third-order valence-electron chi connectivity index (χ3n) is 4.59. The van der Waals surface area contributed by atoms with Crippen LogP contribution in [0.15, 0.2) is 71.5 Å². The number of carbonyl (C=O) groups is 1. The number of hydrogen-bond donors (Lipinski definition) is 2. The molecule has 0 spiro atoms. The summed E-state index contributed by atoms with van der Waals surface area (Å²) in [6.07, 6.45) is 3.15. The topological polar surface area (TPSA) is 67.2 Å². The summed E-state index contributed by atoms with van der Waals surface area (Å²) < 4.78 is 20.0. The highest BCUT2D eigenvalue weighted by atomic mass is 32.1. The Balaban J connectivity index is 1.75. The molecule has 7 heteroatoms. The minimum atomic E-state index is -0.544. The van der Waals surface area contributed by atoms with Gasteiger partial charge in [-0.25, -0.2) is 9.37 Å². The standard InChI is InChI=1S/C23H20FN3O2S/c1-14-9-10-25-20(12-14)26-21(16-6-3-4-7-18(16)24)17-13-15(2)30-23(17)27-22(28)19-8-5-11-29-19/h3-13,21H,1-2H3,(H,25,26)(H,27,28)/t21-/m0/s1. The number of benzene rings is 1. The number of anilines is 2. The molecule has 1 amide bonds. The molecule has 0 unspecified atom stereocenters. The average Bonchev–Trinajstić information content (AvgIpc) is 3.37. The van der Waals surface area contributed by atoms with Crippen molar-refractivity contribution in [1.29, 1.82) is 0 Å². The summed E-state index contributed by atoms with van der Waals surface area (Å²) in [6, 6.07) is 15.0. The highest BCUT2D eigenvalue weighted by Gasteiger charge is 2.24. The monoisotopic (exact) mass is 421 g/mol. The van der Waals surface area contributed by atoms with E-state index in [4.69, 9.17) is 4.42 Å².